The molecule has 2 aromatic rings. The van der Waals surface area contributed by atoms with Gasteiger partial charge in [-0.2, -0.15) is 0 Å². The first-order chi connectivity index (χ1) is 9.04. The Hall–Kier alpha value is -1.74. The summed E-state index contributed by atoms with van der Waals surface area (Å²) in [6, 6.07) is 9.89. The number of halogens is 2. The second kappa shape index (κ2) is 5.49. The molecular weight excluding hydrogens is 244 g/mol. The zero-order valence-corrected chi connectivity index (χ0v) is 11.3. The standard InChI is InChI=1S/C16H17F2N/c1-10-5-4-6-13(15(10)18)16(19-3)12-7-8-14(17)11(2)9-12/h4-9,16,19H,1-3H3. The highest BCUT2D eigenvalue weighted by Gasteiger charge is 2.17. The lowest BCUT2D eigenvalue weighted by molar-refractivity contribution is 0.567. The van der Waals surface area contributed by atoms with E-state index in [2.05, 4.69) is 5.32 Å². The molecule has 2 aromatic carbocycles. The van der Waals surface area contributed by atoms with Gasteiger partial charge < -0.3 is 5.32 Å². The molecule has 19 heavy (non-hydrogen) atoms. The second-order valence-corrected chi connectivity index (χ2v) is 4.71. The summed E-state index contributed by atoms with van der Waals surface area (Å²) in [5.41, 5.74) is 2.60. The summed E-state index contributed by atoms with van der Waals surface area (Å²) in [6.45, 7) is 3.44. The van der Waals surface area contributed by atoms with Crippen LogP contribution in [0.15, 0.2) is 36.4 Å². The highest BCUT2D eigenvalue weighted by atomic mass is 19.1. The van der Waals surface area contributed by atoms with Gasteiger partial charge in [-0.15, -0.1) is 0 Å². The SMILES string of the molecule is CNC(c1ccc(F)c(C)c1)c1cccc(C)c1F. The first-order valence-electron chi connectivity index (χ1n) is 6.23. The Kier molecular flexibility index (Phi) is 3.96. The monoisotopic (exact) mass is 261 g/mol. The summed E-state index contributed by atoms with van der Waals surface area (Å²) in [5.74, 6) is -0.466. The first kappa shape index (κ1) is 13.7. The zero-order chi connectivity index (χ0) is 14.0. The lowest BCUT2D eigenvalue weighted by Gasteiger charge is -2.19. The molecule has 1 atom stereocenters. The van der Waals surface area contributed by atoms with Crippen LogP contribution in [-0.2, 0) is 0 Å². The van der Waals surface area contributed by atoms with E-state index in [9.17, 15) is 8.78 Å². The lowest BCUT2D eigenvalue weighted by atomic mass is 9.95. The van der Waals surface area contributed by atoms with Crippen LogP contribution >= 0.6 is 0 Å². The van der Waals surface area contributed by atoms with Gasteiger partial charge in [-0.1, -0.05) is 30.3 Å². The first-order valence-corrected chi connectivity index (χ1v) is 6.23. The molecule has 1 unspecified atom stereocenters. The van der Waals surface area contributed by atoms with Gasteiger partial charge in [-0.25, -0.2) is 8.78 Å². The van der Waals surface area contributed by atoms with Gasteiger partial charge in [-0.05, 0) is 43.7 Å². The maximum absolute atomic E-state index is 14.2. The second-order valence-electron chi connectivity index (χ2n) is 4.71. The van der Waals surface area contributed by atoms with Crippen LogP contribution in [0.2, 0.25) is 0 Å². The molecule has 0 saturated heterocycles. The van der Waals surface area contributed by atoms with Crippen molar-refractivity contribution in [2.45, 2.75) is 19.9 Å². The molecule has 100 valence electrons. The molecule has 0 amide bonds. The van der Waals surface area contributed by atoms with Gasteiger partial charge in [0.2, 0.25) is 0 Å². The van der Waals surface area contributed by atoms with Crippen molar-refractivity contribution in [2.24, 2.45) is 0 Å². The van der Waals surface area contributed by atoms with Crippen LogP contribution in [0.1, 0.15) is 28.3 Å². The summed E-state index contributed by atoms with van der Waals surface area (Å²) in [6.07, 6.45) is 0. The Balaban J connectivity index is 2.50. The summed E-state index contributed by atoms with van der Waals surface area (Å²) in [5, 5.41) is 3.09. The third kappa shape index (κ3) is 2.66. The molecule has 0 bridgehead atoms. The predicted molar refractivity (Wildman–Crippen MR) is 73.2 cm³/mol. The summed E-state index contributed by atoms with van der Waals surface area (Å²) < 4.78 is 27.5. The minimum absolute atomic E-state index is 0.219. The molecule has 0 spiro atoms. The van der Waals surface area contributed by atoms with Crippen LogP contribution in [-0.4, -0.2) is 7.05 Å². The van der Waals surface area contributed by atoms with Crippen molar-refractivity contribution in [3.63, 3.8) is 0 Å². The molecule has 0 aliphatic heterocycles. The molecule has 0 heterocycles. The third-order valence-corrected chi connectivity index (χ3v) is 3.34. The van der Waals surface area contributed by atoms with E-state index in [0.29, 0.717) is 16.7 Å². The third-order valence-electron chi connectivity index (χ3n) is 3.34. The molecule has 0 fully saturated rings. The van der Waals surface area contributed by atoms with Gasteiger partial charge in [0.1, 0.15) is 11.6 Å². The molecule has 0 aromatic heterocycles. The average molecular weight is 261 g/mol. The van der Waals surface area contributed by atoms with Gasteiger partial charge in [-0.3, -0.25) is 0 Å². The van der Waals surface area contributed by atoms with Gasteiger partial charge in [0.05, 0.1) is 6.04 Å². The Morgan fingerprint density at radius 3 is 2.37 bits per heavy atom. The number of benzene rings is 2. The highest BCUT2D eigenvalue weighted by Crippen LogP contribution is 2.26. The quantitative estimate of drug-likeness (QED) is 0.883. The molecule has 0 aliphatic carbocycles. The Labute approximate surface area is 112 Å². The maximum Gasteiger partial charge on any atom is 0.131 e. The molecular formula is C16H17F2N. The minimum atomic E-state index is -0.279. The summed E-state index contributed by atoms with van der Waals surface area (Å²) >= 11 is 0. The number of rotatable bonds is 3. The predicted octanol–water partition coefficient (Wildman–Crippen LogP) is 3.89. The van der Waals surface area contributed by atoms with Crippen LogP contribution in [0.4, 0.5) is 8.78 Å². The molecule has 3 heteroatoms. The van der Waals surface area contributed by atoms with Crippen molar-refractivity contribution in [3.8, 4) is 0 Å². The maximum atomic E-state index is 14.2. The summed E-state index contributed by atoms with van der Waals surface area (Å²) in [7, 11) is 1.77. The number of aryl methyl sites for hydroxylation is 2. The summed E-state index contributed by atoms with van der Waals surface area (Å²) in [4.78, 5) is 0. The molecule has 1 nitrogen and oxygen atoms in total. The fourth-order valence-electron chi connectivity index (χ4n) is 2.24. The zero-order valence-electron chi connectivity index (χ0n) is 11.3. The van der Waals surface area contributed by atoms with Crippen LogP contribution < -0.4 is 5.32 Å². The van der Waals surface area contributed by atoms with E-state index in [0.717, 1.165) is 5.56 Å². The van der Waals surface area contributed by atoms with Crippen molar-refractivity contribution in [3.05, 3.63) is 70.3 Å². The van der Waals surface area contributed by atoms with Gasteiger partial charge >= 0.3 is 0 Å². The fourth-order valence-corrected chi connectivity index (χ4v) is 2.24. The van der Waals surface area contributed by atoms with Crippen molar-refractivity contribution >= 4 is 0 Å². The minimum Gasteiger partial charge on any atom is -0.309 e. The van der Waals surface area contributed by atoms with E-state index >= 15 is 0 Å². The van der Waals surface area contributed by atoms with E-state index < -0.39 is 0 Å². The Bertz CT molecular complexity index is 593. The van der Waals surface area contributed by atoms with Crippen LogP contribution in [0.25, 0.3) is 0 Å². The highest BCUT2D eigenvalue weighted by molar-refractivity contribution is 5.37. The van der Waals surface area contributed by atoms with Crippen molar-refractivity contribution in [1.82, 2.24) is 5.32 Å². The normalized spacial score (nSPS) is 12.5. The van der Waals surface area contributed by atoms with Gasteiger partial charge in [0.15, 0.2) is 0 Å². The van der Waals surface area contributed by atoms with E-state index in [4.69, 9.17) is 0 Å². The van der Waals surface area contributed by atoms with Gasteiger partial charge in [0.25, 0.3) is 0 Å². The topological polar surface area (TPSA) is 12.0 Å². The number of nitrogens with one attached hydrogen (secondary N) is 1. The van der Waals surface area contributed by atoms with Crippen LogP contribution in [0.5, 0.6) is 0 Å². The molecule has 0 saturated carbocycles. The van der Waals surface area contributed by atoms with E-state index in [1.54, 1.807) is 45.2 Å². The molecule has 1 N–H and O–H groups in total. The molecule has 2 rings (SSSR count). The number of hydrogen-bond acceptors (Lipinski definition) is 1. The lowest BCUT2D eigenvalue weighted by Crippen LogP contribution is -2.19. The average Bonchev–Trinajstić information content (AvgIpc) is 2.39. The fraction of sp³-hybridized carbons (Fsp3) is 0.250. The van der Waals surface area contributed by atoms with Crippen molar-refractivity contribution in [2.75, 3.05) is 7.05 Å². The van der Waals surface area contributed by atoms with Crippen LogP contribution in [0, 0.1) is 25.5 Å². The van der Waals surface area contributed by atoms with Gasteiger partial charge in [0, 0.05) is 5.56 Å². The Morgan fingerprint density at radius 1 is 1.00 bits per heavy atom. The largest absolute Gasteiger partial charge is 0.309 e. The number of hydrogen-bond donors (Lipinski definition) is 1. The Morgan fingerprint density at radius 2 is 1.74 bits per heavy atom. The molecule has 0 aliphatic rings. The van der Waals surface area contributed by atoms with E-state index in [1.807, 2.05) is 6.07 Å². The smallest absolute Gasteiger partial charge is 0.131 e. The van der Waals surface area contributed by atoms with Crippen molar-refractivity contribution in [1.29, 1.82) is 0 Å². The molecule has 0 radical (unpaired) electrons. The van der Waals surface area contributed by atoms with Crippen LogP contribution in [0.3, 0.4) is 0 Å². The van der Waals surface area contributed by atoms with Crippen molar-refractivity contribution < 1.29 is 8.78 Å². The van der Waals surface area contributed by atoms with E-state index in [1.165, 1.54) is 6.07 Å². The van der Waals surface area contributed by atoms with E-state index in [-0.39, 0.29) is 17.7 Å².